The predicted octanol–water partition coefficient (Wildman–Crippen LogP) is 6.56. The summed E-state index contributed by atoms with van der Waals surface area (Å²) in [4.78, 5) is 20.6. The lowest BCUT2D eigenvalue weighted by Crippen LogP contribution is -2.26. The van der Waals surface area contributed by atoms with Gasteiger partial charge in [0, 0.05) is 49.2 Å². The van der Waals surface area contributed by atoms with Crippen molar-refractivity contribution in [2.45, 2.75) is 39.4 Å². The van der Waals surface area contributed by atoms with Crippen molar-refractivity contribution in [1.29, 1.82) is 0 Å². The molecule has 3 heterocycles. The van der Waals surface area contributed by atoms with Crippen molar-refractivity contribution in [1.82, 2.24) is 14.9 Å². The van der Waals surface area contributed by atoms with Crippen LogP contribution in [-0.2, 0) is 16.1 Å². The molecule has 7 heteroatoms. The molecule has 198 valence electrons. The summed E-state index contributed by atoms with van der Waals surface area (Å²) in [5.74, 6) is 0.811. The molecule has 0 saturated carbocycles. The Morgan fingerprint density at radius 3 is 2.55 bits per heavy atom. The third-order valence-corrected chi connectivity index (χ3v) is 6.24. The molecule has 1 aliphatic heterocycles. The summed E-state index contributed by atoms with van der Waals surface area (Å²) < 4.78 is 10.9. The fraction of sp³-hybridized carbons (Fsp3) is 0.290. The van der Waals surface area contributed by atoms with Crippen LogP contribution < -0.4 is 10.1 Å². The molecular weight excluding hydrogens is 476 g/mol. The average molecular weight is 513 g/mol. The quantitative estimate of drug-likeness (QED) is 0.274. The number of benzene rings is 2. The number of nitrogens with zero attached hydrogens (tertiary/aromatic N) is 2. The van der Waals surface area contributed by atoms with Gasteiger partial charge < -0.3 is 24.7 Å². The van der Waals surface area contributed by atoms with Gasteiger partial charge in [-0.05, 0) is 62.6 Å². The van der Waals surface area contributed by atoms with Crippen LogP contribution in [0, 0.1) is 0 Å². The molecule has 5 rings (SSSR count). The summed E-state index contributed by atoms with van der Waals surface area (Å²) in [5, 5.41) is 4.53. The molecule has 0 saturated heterocycles. The molecule has 2 aromatic heterocycles. The topological polar surface area (TPSA) is 79.5 Å². The number of carbonyl (C=O) groups is 1. The summed E-state index contributed by atoms with van der Waals surface area (Å²) in [7, 11) is 1.71. The van der Waals surface area contributed by atoms with Crippen molar-refractivity contribution in [3.8, 4) is 5.75 Å². The molecule has 2 N–H and O–H groups in total. The molecule has 1 amide bonds. The summed E-state index contributed by atoms with van der Waals surface area (Å²) in [5.41, 5.74) is 6.19. The maximum absolute atomic E-state index is 11.0. The fourth-order valence-electron chi connectivity index (χ4n) is 3.89. The van der Waals surface area contributed by atoms with E-state index in [0.29, 0.717) is 13.2 Å². The molecule has 0 fully saturated rings. The number of nitrogens with one attached hydrogen (secondary N) is 2. The number of anilines is 2. The van der Waals surface area contributed by atoms with Gasteiger partial charge in [0.2, 0.25) is 6.41 Å². The van der Waals surface area contributed by atoms with Crippen LogP contribution in [0.2, 0.25) is 0 Å². The molecule has 0 aliphatic carbocycles. The van der Waals surface area contributed by atoms with E-state index in [-0.39, 0.29) is 5.60 Å². The first-order valence-corrected chi connectivity index (χ1v) is 12.8. The van der Waals surface area contributed by atoms with Crippen molar-refractivity contribution in [2.24, 2.45) is 0 Å². The lowest BCUT2D eigenvalue weighted by molar-refractivity contribution is -0.117. The highest BCUT2D eigenvalue weighted by Crippen LogP contribution is 2.31. The smallest absolute Gasteiger partial charge is 0.209 e. The Morgan fingerprint density at radius 1 is 1.08 bits per heavy atom. The van der Waals surface area contributed by atoms with Gasteiger partial charge in [0.1, 0.15) is 18.0 Å². The number of rotatable bonds is 7. The van der Waals surface area contributed by atoms with Gasteiger partial charge in [0.25, 0.3) is 0 Å². The molecule has 0 bridgehead atoms. The van der Waals surface area contributed by atoms with Crippen LogP contribution in [-0.4, -0.2) is 47.1 Å². The lowest BCUT2D eigenvalue weighted by Gasteiger charge is -2.21. The summed E-state index contributed by atoms with van der Waals surface area (Å²) in [6, 6.07) is 22.2. The largest absolute Gasteiger partial charge is 0.489 e. The van der Waals surface area contributed by atoms with E-state index in [1.54, 1.807) is 18.2 Å². The molecular formula is C31H36N4O3. The zero-order valence-corrected chi connectivity index (χ0v) is 22.5. The van der Waals surface area contributed by atoms with Gasteiger partial charge in [-0.3, -0.25) is 4.79 Å². The minimum absolute atomic E-state index is 0.0417. The lowest BCUT2D eigenvalue weighted by atomic mass is 10.1. The Morgan fingerprint density at radius 2 is 1.87 bits per heavy atom. The van der Waals surface area contributed by atoms with Gasteiger partial charge in [0.15, 0.2) is 0 Å². The Labute approximate surface area is 224 Å². The maximum Gasteiger partial charge on any atom is 0.209 e. The molecule has 4 aromatic rings. The number of aromatic nitrogens is 2. The second kappa shape index (κ2) is 12.4. The van der Waals surface area contributed by atoms with E-state index in [1.165, 1.54) is 5.57 Å². The number of hydrogen-bond donors (Lipinski definition) is 2. The number of fused-ring (bicyclic) bond motifs is 1. The van der Waals surface area contributed by atoms with Crippen LogP contribution in [0.4, 0.5) is 11.4 Å². The number of H-pyrrole nitrogens is 1. The number of carbonyl (C=O) groups excluding carboxylic acids is 1. The number of pyridine rings is 1. The van der Waals surface area contributed by atoms with E-state index in [0.717, 1.165) is 58.8 Å². The molecule has 2 aromatic carbocycles. The van der Waals surface area contributed by atoms with Crippen molar-refractivity contribution < 1.29 is 14.3 Å². The zero-order chi connectivity index (χ0) is 27.0. The van der Waals surface area contributed by atoms with Gasteiger partial charge >= 0.3 is 0 Å². The van der Waals surface area contributed by atoms with Crippen LogP contribution in [0.15, 0.2) is 79.0 Å². The predicted molar refractivity (Wildman–Crippen MR) is 154 cm³/mol. The first-order chi connectivity index (χ1) is 18.3. The van der Waals surface area contributed by atoms with Crippen LogP contribution in [0.5, 0.6) is 5.75 Å². The number of amides is 1. The van der Waals surface area contributed by atoms with Crippen LogP contribution >= 0.6 is 0 Å². The van der Waals surface area contributed by atoms with E-state index in [2.05, 4.69) is 39.6 Å². The van der Waals surface area contributed by atoms with Gasteiger partial charge in [-0.2, -0.15) is 0 Å². The number of aromatic amines is 1. The van der Waals surface area contributed by atoms with E-state index < -0.39 is 0 Å². The molecule has 38 heavy (non-hydrogen) atoms. The molecule has 0 radical (unpaired) electrons. The fourth-order valence-corrected chi connectivity index (χ4v) is 3.89. The Bertz CT molecular complexity index is 1370. The van der Waals surface area contributed by atoms with Crippen molar-refractivity contribution in [3.05, 3.63) is 90.3 Å². The van der Waals surface area contributed by atoms with E-state index in [9.17, 15) is 4.79 Å². The summed E-state index contributed by atoms with van der Waals surface area (Å²) in [6.45, 7) is 7.97. The zero-order valence-electron chi connectivity index (χ0n) is 22.5. The molecule has 0 atom stereocenters. The third kappa shape index (κ3) is 7.46. The Hall–Kier alpha value is -4.10. The first kappa shape index (κ1) is 26.9. The van der Waals surface area contributed by atoms with Gasteiger partial charge in [-0.25, -0.2) is 4.98 Å². The Balaban J connectivity index is 0.000000505. The number of hydrogen-bond acceptors (Lipinski definition) is 5. The van der Waals surface area contributed by atoms with Crippen molar-refractivity contribution in [2.75, 3.05) is 25.5 Å². The standard InChI is InChI=1S/C26H24N4O2.C5H12O/c31-18-30-13-10-20(11-14-30)25-16-23-24(9-12-27-26(23)29-25)28-21-7-4-8-22(15-21)32-17-19-5-2-1-3-6-19;1-5(2,3)6-4/h1-10,12,15-16,18H,11,13-14,17H2,(H2,27,28,29);1-4H3. The van der Waals surface area contributed by atoms with Gasteiger partial charge in [0.05, 0.1) is 11.3 Å². The third-order valence-electron chi connectivity index (χ3n) is 6.24. The van der Waals surface area contributed by atoms with Crippen LogP contribution in [0.1, 0.15) is 38.4 Å². The van der Waals surface area contributed by atoms with Gasteiger partial charge in [-0.15, -0.1) is 0 Å². The van der Waals surface area contributed by atoms with Crippen molar-refractivity contribution in [3.63, 3.8) is 0 Å². The van der Waals surface area contributed by atoms with Crippen molar-refractivity contribution >= 4 is 34.4 Å². The first-order valence-electron chi connectivity index (χ1n) is 12.8. The highest BCUT2D eigenvalue weighted by molar-refractivity contribution is 5.94. The molecule has 7 nitrogen and oxygen atoms in total. The monoisotopic (exact) mass is 512 g/mol. The average Bonchev–Trinajstić information content (AvgIpc) is 3.38. The normalized spacial score (nSPS) is 13.4. The SMILES string of the molecule is COC(C)(C)C.O=CN1CC=C(c2cc3c(Nc4cccc(OCc5ccccc5)c4)ccnc3[nH]2)CC1. The second-order valence-corrected chi connectivity index (χ2v) is 10.1. The number of ether oxygens (including phenoxy) is 2. The molecule has 1 aliphatic rings. The molecule has 0 unspecified atom stereocenters. The highest BCUT2D eigenvalue weighted by Gasteiger charge is 2.15. The summed E-state index contributed by atoms with van der Waals surface area (Å²) >= 11 is 0. The van der Waals surface area contributed by atoms with Crippen LogP contribution in [0.25, 0.3) is 16.6 Å². The molecule has 0 spiro atoms. The minimum Gasteiger partial charge on any atom is -0.489 e. The van der Waals surface area contributed by atoms with E-state index in [1.807, 2.05) is 69.3 Å². The number of methoxy groups -OCH3 is 1. The minimum atomic E-state index is 0.0417. The summed E-state index contributed by atoms with van der Waals surface area (Å²) in [6.07, 6.45) is 5.63. The van der Waals surface area contributed by atoms with E-state index in [4.69, 9.17) is 9.47 Å². The second-order valence-electron chi connectivity index (χ2n) is 10.1. The van der Waals surface area contributed by atoms with Gasteiger partial charge in [-0.1, -0.05) is 42.5 Å². The maximum atomic E-state index is 11.0. The highest BCUT2D eigenvalue weighted by atomic mass is 16.5. The Kier molecular flexibility index (Phi) is 8.81. The van der Waals surface area contributed by atoms with E-state index >= 15 is 0 Å². The van der Waals surface area contributed by atoms with Crippen LogP contribution in [0.3, 0.4) is 0 Å².